The highest BCUT2D eigenvalue weighted by Crippen LogP contribution is 2.36. The third-order valence-electron chi connectivity index (χ3n) is 3.34. The van der Waals surface area contributed by atoms with E-state index < -0.39 is 0 Å². The topological polar surface area (TPSA) is 35.8 Å². The zero-order chi connectivity index (χ0) is 13.9. The SMILES string of the molecule is N#Cc1ccc(Cl)cc1NCC1Cc2ccccc2S1. The first-order valence-corrected chi connectivity index (χ1v) is 7.70. The minimum Gasteiger partial charge on any atom is -0.383 e. The number of nitriles is 1. The molecule has 0 radical (unpaired) electrons. The summed E-state index contributed by atoms with van der Waals surface area (Å²) in [6, 6.07) is 16.0. The van der Waals surface area contributed by atoms with Gasteiger partial charge in [-0.25, -0.2) is 0 Å². The van der Waals surface area contributed by atoms with Gasteiger partial charge in [0.15, 0.2) is 0 Å². The monoisotopic (exact) mass is 300 g/mol. The molecule has 2 nitrogen and oxygen atoms in total. The lowest BCUT2D eigenvalue weighted by atomic mass is 10.1. The Hall–Kier alpha value is -1.63. The lowest BCUT2D eigenvalue weighted by Crippen LogP contribution is -2.16. The molecule has 1 aliphatic heterocycles. The van der Waals surface area contributed by atoms with Gasteiger partial charge in [0.2, 0.25) is 0 Å². The fourth-order valence-corrected chi connectivity index (χ4v) is 3.77. The number of benzene rings is 2. The summed E-state index contributed by atoms with van der Waals surface area (Å²) in [6.07, 6.45) is 1.07. The van der Waals surface area contributed by atoms with Gasteiger partial charge in [-0.3, -0.25) is 0 Å². The van der Waals surface area contributed by atoms with Crippen molar-refractivity contribution >= 4 is 29.1 Å². The van der Waals surface area contributed by atoms with Crippen LogP contribution in [0.3, 0.4) is 0 Å². The summed E-state index contributed by atoms with van der Waals surface area (Å²) in [7, 11) is 0. The van der Waals surface area contributed by atoms with Crippen molar-refractivity contribution in [3.05, 3.63) is 58.6 Å². The molecule has 0 fully saturated rings. The van der Waals surface area contributed by atoms with Crippen molar-refractivity contribution in [2.24, 2.45) is 0 Å². The lowest BCUT2D eigenvalue weighted by Gasteiger charge is -2.12. The van der Waals surface area contributed by atoms with Crippen molar-refractivity contribution in [2.45, 2.75) is 16.6 Å². The molecule has 20 heavy (non-hydrogen) atoms. The van der Waals surface area contributed by atoms with Crippen LogP contribution < -0.4 is 5.32 Å². The first-order valence-electron chi connectivity index (χ1n) is 6.44. The molecular weight excluding hydrogens is 288 g/mol. The van der Waals surface area contributed by atoms with Gasteiger partial charge >= 0.3 is 0 Å². The number of nitrogens with one attached hydrogen (secondary N) is 1. The second-order valence-corrected chi connectivity index (χ2v) is 6.51. The van der Waals surface area contributed by atoms with E-state index in [2.05, 4.69) is 35.7 Å². The highest BCUT2D eigenvalue weighted by Gasteiger charge is 2.21. The summed E-state index contributed by atoms with van der Waals surface area (Å²) in [4.78, 5) is 1.37. The Kier molecular flexibility index (Phi) is 3.86. The summed E-state index contributed by atoms with van der Waals surface area (Å²) in [6.45, 7) is 0.828. The van der Waals surface area contributed by atoms with E-state index in [1.54, 1.807) is 12.1 Å². The van der Waals surface area contributed by atoms with Gasteiger partial charge in [-0.15, -0.1) is 11.8 Å². The largest absolute Gasteiger partial charge is 0.383 e. The van der Waals surface area contributed by atoms with Gasteiger partial charge in [-0.05, 0) is 36.2 Å². The van der Waals surface area contributed by atoms with E-state index >= 15 is 0 Å². The van der Waals surface area contributed by atoms with E-state index in [9.17, 15) is 0 Å². The number of hydrogen-bond acceptors (Lipinski definition) is 3. The van der Waals surface area contributed by atoms with Crippen molar-refractivity contribution in [1.29, 1.82) is 5.26 Å². The van der Waals surface area contributed by atoms with Crippen LogP contribution >= 0.6 is 23.4 Å². The summed E-state index contributed by atoms with van der Waals surface area (Å²) in [5.41, 5.74) is 2.86. The predicted molar refractivity (Wildman–Crippen MR) is 84.4 cm³/mol. The Labute approximate surface area is 127 Å². The van der Waals surface area contributed by atoms with Crippen LogP contribution in [0.2, 0.25) is 5.02 Å². The second-order valence-electron chi connectivity index (χ2n) is 4.73. The molecule has 3 rings (SSSR count). The average Bonchev–Trinajstić information content (AvgIpc) is 2.88. The number of rotatable bonds is 3. The molecule has 2 aromatic rings. The van der Waals surface area contributed by atoms with E-state index in [-0.39, 0.29) is 0 Å². The van der Waals surface area contributed by atoms with E-state index in [4.69, 9.17) is 16.9 Å². The zero-order valence-corrected chi connectivity index (χ0v) is 12.3. The zero-order valence-electron chi connectivity index (χ0n) is 10.8. The molecular formula is C16H13ClN2S. The van der Waals surface area contributed by atoms with Crippen molar-refractivity contribution in [1.82, 2.24) is 0 Å². The molecule has 1 unspecified atom stereocenters. The van der Waals surface area contributed by atoms with Crippen LogP contribution in [-0.2, 0) is 6.42 Å². The summed E-state index contributed by atoms with van der Waals surface area (Å²) >= 11 is 7.88. The molecule has 1 N–H and O–H groups in total. The van der Waals surface area contributed by atoms with Crippen LogP contribution in [0.4, 0.5) is 5.69 Å². The third kappa shape index (κ3) is 2.77. The molecule has 1 aliphatic rings. The number of fused-ring (bicyclic) bond motifs is 1. The Morgan fingerprint density at radius 1 is 1.30 bits per heavy atom. The van der Waals surface area contributed by atoms with Crippen LogP contribution in [0, 0.1) is 11.3 Å². The minimum absolute atomic E-state index is 0.498. The summed E-state index contributed by atoms with van der Waals surface area (Å²) < 4.78 is 0. The maximum absolute atomic E-state index is 9.11. The quantitative estimate of drug-likeness (QED) is 0.916. The van der Waals surface area contributed by atoms with Crippen LogP contribution in [0.1, 0.15) is 11.1 Å². The standard InChI is InChI=1S/C16H13ClN2S/c17-13-6-5-12(9-18)15(8-13)19-10-14-7-11-3-1-2-4-16(11)20-14/h1-6,8,14,19H,7,10H2. The van der Waals surface area contributed by atoms with Gasteiger partial charge in [-0.2, -0.15) is 5.26 Å². The van der Waals surface area contributed by atoms with Gasteiger partial charge in [0, 0.05) is 21.7 Å². The van der Waals surface area contributed by atoms with Crippen LogP contribution in [-0.4, -0.2) is 11.8 Å². The third-order valence-corrected chi connectivity index (χ3v) is 4.89. The molecule has 1 heterocycles. The van der Waals surface area contributed by atoms with Gasteiger partial charge in [-0.1, -0.05) is 29.8 Å². The lowest BCUT2D eigenvalue weighted by molar-refractivity contribution is 0.899. The van der Waals surface area contributed by atoms with Crippen LogP contribution in [0.25, 0.3) is 0 Å². The Morgan fingerprint density at radius 3 is 2.95 bits per heavy atom. The normalized spacial score (nSPS) is 16.5. The molecule has 0 saturated carbocycles. The van der Waals surface area contributed by atoms with E-state index in [1.807, 2.05) is 17.8 Å². The number of nitrogens with zero attached hydrogens (tertiary/aromatic N) is 1. The van der Waals surface area contributed by atoms with Crippen molar-refractivity contribution in [2.75, 3.05) is 11.9 Å². The number of hydrogen-bond donors (Lipinski definition) is 1. The van der Waals surface area contributed by atoms with Crippen molar-refractivity contribution < 1.29 is 0 Å². The first-order chi connectivity index (χ1) is 9.76. The predicted octanol–water partition coefficient (Wildman–Crippen LogP) is 4.34. The smallest absolute Gasteiger partial charge is 0.101 e. The Bertz CT molecular complexity index is 653. The van der Waals surface area contributed by atoms with E-state index in [0.29, 0.717) is 15.8 Å². The van der Waals surface area contributed by atoms with Gasteiger partial charge < -0.3 is 5.32 Å². The fraction of sp³-hybridized carbons (Fsp3) is 0.188. The Morgan fingerprint density at radius 2 is 2.15 bits per heavy atom. The van der Waals surface area contributed by atoms with Crippen LogP contribution in [0.5, 0.6) is 0 Å². The van der Waals surface area contributed by atoms with E-state index in [0.717, 1.165) is 18.7 Å². The molecule has 0 saturated heterocycles. The summed E-state index contributed by atoms with van der Waals surface area (Å²) in [5.74, 6) is 0. The minimum atomic E-state index is 0.498. The van der Waals surface area contributed by atoms with Gasteiger partial charge in [0.25, 0.3) is 0 Å². The molecule has 0 spiro atoms. The Balaban J connectivity index is 1.67. The molecule has 0 aliphatic carbocycles. The number of thioether (sulfide) groups is 1. The maximum atomic E-state index is 9.11. The molecule has 1 atom stereocenters. The fourth-order valence-electron chi connectivity index (χ4n) is 2.35. The highest BCUT2D eigenvalue weighted by atomic mass is 35.5. The molecule has 0 amide bonds. The molecule has 0 aromatic heterocycles. The van der Waals surface area contributed by atoms with Crippen molar-refractivity contribution in [3.8, 4) is 6.07 Å². The first kappa shape index (κ1) is 13.4. The number of anilines is 1. The molecule has 0 bridgehead atoms. The van der Waals surface area contributed by atoms with Gasteiger partial charge in [0.05, 0.1) is 11.3 Å². The molecule has 2 aromatic carbocycles. The second kappa shape index (κ2) is 5.78. The average molecular weight is 301 g/mol. The molecule has 100 valence electrons. The van der Waals surface area contributed by atoms with Crippen LogP contribution in [0.15, 0.2) is 47.4 Å². The van der Waals surface area contributed by atoms with Gasteiger partial charge in [0.1, 0.15) is 6.07 Å². The van der Waals surface area contributed by atoms with E-state index in [1.165, 1.54) is 10.5 Å². The maximum Gasteiger partial charge on any atom is 0.101 e. The molecule has 4 heteroatoms. The highest BCUT2D eigenvalue weighted by molar-refractivity contribution is 8.00. The number of halogens is 1. The van der Waals surface area contributed by atoms with Crippen molar-refractivity contribution in [3.63, 3.8) is 0 Å². The summed E-state index contributed by atoms with van der Waals surface area (Å²) in [5, 5.41) is 13.6.